The van der Waals surface area contributed by atoms with Gasteiger partial charge in [-0.3, -0.25) is 4.68 Å². The lowest BCUT2D eigenvalue weighted by Crippen LogP contribution is -2.41. The molecule has 92 valence electrons. The molecule has 0 bridgehead atoms. The summed E-state index contributed by atoms with van der Waals surface area (Å²) in [5.41, 5.74) is 6.43. The Labute approximate surface area is 99.8 Å². The van der Waals surface area contributed by atoms with Crippen LogP contribution in [-0.4, -0.2) is 31.9 Å². The van der Waals surface area contributed by atoms with E-state index in [1.54, 1.807) is 10.9 Å². The van der Waals surface area contributed by atoms with Crippen LogP contribution < -0.4 is 10.5 Å². The van der Waals surface area contributed by atoms with Crippen LogP contribution in [-0.2, 0) is 7.05 Å². The summed E-state index contributed by atoms with van der Waals surface area (Å²) in [5.74, 6) is 0.535. The largest absolute Gasteiger partial charge is 0.475 e. The van der Waals surface area contributed by atoms with E-state index in [4.69, 9.17) is 10.5 Å². The molecule has 0 aliphatic rings. The van der Waals surface area contributed by atoms with Gasteiger partial charge in [0.1, 0.15) is 18.3 Å². The molecule has 0 saturated carbocycles. The van der Waals surface area contributed by atoms with E-state index in [0.29, 0.717) is 12.5 Å². The van der Waals surface area contributed by atoms with E-state index in [0.717, 1.165) is 17.5 Å². The third kappa shape index (κ3) is 2.36. The second-order valence-corrected chi connectivity index (χ2v) is 4.48. The van der Waals surface area contributed by atoms with Crippen molar-refractivity contribution in [2.75, 3.05) is 6.61 Å². The van der Waals surface area contributed by atoms with E-state index >= 15 is 0 Å². The van der Waals surface area contributed by atoms with Crippen molar-refractivity contribution in [3.63, 3.8) is 0 Å². The molecule has 0 saturated heterocycles. The van der Waals surface area contributed by atoms with Crippen molar-refractivity contribution >= 4 is 11.0 Å². The maximum absolute atomic E-state index is 6.02. The van der Waals surface area contributed by atoms with Gasteiger partial charge in [-0.2, -0.15) is 5.10 Å². The normalized spacial score (nSPS) is 14.8. The zero-order valence-electron chi connectivity index (χ0n) is 10.3. The van der Waals surface area contributed by atoms with Crippen LogP contribution in [0.15, 0.2) is 12.5 Å². The minimum atomic E-state index is -0.348. The summed E-state index contributed by atoms with van der Waals surface area (Å²) in [7, 11) is 1.83. The molecule has 0 aromatic carbocycles. The first-order chi connectivity index (χ1) is 8.03. The van der Waals surface area contributed by atoms with E-state index < -0.39 is 0 Å². The van der Waals surface area contributed by atoms with Crippen molar-refractivity contribution < 1.29 is 4.74 Å². The van der Waals surface area contributed by atoms with Crippen LogP contribution >= 0.6 is 0 Å². The molecule has 0 fully saturated rings. The number of fused-ring (bicyclic) bond motifs is 1. The van der Waals surface area contributed by atoms with Crippen molar-refractivity contribution in [1.29, 1.82) is 0 Å². The Hall–Kier alpha value is -1.69. The third-order valence-corrected chi connectivity index (χ3v) is 2.84. The van der Waals surface area contributed by atoms with Gasteiger partial charge in [0.25, 0.3) is 0 Å². The number of nitrogens with zero attached hydrogens (tertiary/aromatic N) is 4. The Morgan fingerprint density at radius 1 is 1.47 bits per heavy atom. The van der Waals surface area contributed by atoms with Gasteiger partial charge in [-0.25, -0.2) is 9.97 Å². The maximum Gasteiger partial charge on any atom is 0.227 e. The van der Waals surface area contributed by atoms with E-state index in [1.807, 2.05) is 20.9 Å². The summed E-state index contributed by atoms with van der Waals surface area (Å²) in [5, 5.41) is 4.93. The fourth-order valence-electron chi connectivity index (χ4n) is 1.39. The lowest BCUT2D eigenvalue weighted by atomic mass is 10.0. The molecule has 0 aliphatic heterocycles. The summed E-state index contributed by atoms with van der Waals surface area (Å²) in [6, 6.07) is 0. The lowest BCUT2D eigenvalue weighted by Gasteiger charge is -2.22. The zero-order valence-corrected chi connectivity index (χ0v) is 10.3. The lowest BCUT2D eigenvalue weighted by molar-refractivity contribution is 0.221. The highest BCUT2D eigenvalue weighted by Gasteiger charge is 2.18. The van der Waals surface area contributed by atoms with Crippen LogP contribution in [0, 0.1) is 0 Å². The van der Waals surface area contributed by atoms with Crippen LogP contribution in [0.3, 0.4) is 0 Å². The first kappa shape index (κ1) is 11.8. The molecular weight excluding hydrogens is 218 g/mol. The van der Waals surface area contributed by atoms with Gasteiger partial charge in [0.15, 0.2) is 5.65 Å². The smallest absolute Gasteiger partial charge is 0.227 e. The van der Waals surface area contributed by atoms with Gasteiger partial charge in [0.2, 0.25) is 5.88 Å². The molecule has 1 unspecified atom stereocenters. The highest BCUT2D eigenvalue weighted by atomic mass is 16.5. The third-order valence-electron chi connectivity index (χ3n) is 2.84. The Balaban J connectivity index is 2.25. The molecule has 6 heteroatoms. The summed E-state index contributed by atoms with van der Waals surface area (Å²) < 4.78 is 7.34. The fourth-order valence-corrected chi connectivity index (χ4v) is 1.39. The number of aryl methyl sites for hydroxylation is 1. The number of hydrogen-bond acceptors (Lipinski definition) is 5. The average Bonchev–Trinajstić information content (AvgIpc) is 2.70. The number of ether oxygens (including phenoxy) is 1. The van der Waals surface area contributed by atoms with Crippen LogP contribution in [0.2, 0.25) is 0 Å². The number of aromatic nitrogens is 4. The van der Waals surface area contributed by atoms with Crippen LogP contribution in [0.25, 0.3) is 11.0 Å². The standard InChI is InChI=1S/C11H17N5O/c1-4-11(2,12)6-17-10-8-5-15-16(3)9(8)13-7-14-10/h5,7H,4,6,12H2,1-3H3. The molecule has 0 spiro atoms. The molecule has 17 heavy (non-hydrogen) atoms. The van der Waals surface area contributed by atoms with Gasteiger partial charge < -0.3 is 10.5 Å². The van der Waals surface area contributed by atoms with Crippen molar-refractivity contribution in [1.82, 2.24) is 19.7 Å². The second kappa shape index (κ2) is 4.29. The first-order valence-electron chi connectivity index (χ1n) is 5.58. The molecule has 0 amide bonds. The predicted octanol–water partition coefficient (Wildman–Crippen LogP) is 0.869. The Morgan fingerprint density at radius 2 is 2.24 bits per heavy atom. The van der Waals surface area contributed by atoms with E-state index in [1.165, 1.54) is 6.33 Å². The van der Waals surface area contributed by atoms with Crippen LogP contribution in [0.1, 0.15) is 20.3 Å². The fraction of sp³-hybridized carbons (Fsp3) is 0.545. The van der Waals surface area contributed by atoms with Gasteiger partial charge in [-0.05, 0) is 13.3 Å². The molecule has 2 N–H and O–H groups in total. The zero-order chi connectivity index (χ0) is 12.5. The molecule has 6 nitrogen and oxygen atoms in total. The molecule has 0 radical (unpaired) electrons. The van der Waals surface area contributed by atoms with Gasteiger partial charge >= 0.3 is 0 Å². The summed E-state index contributed by atoms with van der Waals surface area (Å²) >= 11 is 0. The maximum atomic E-state index is 6.02. The van der Waals surface area contributed by atoms with Crippen molar-refractivity contribution in [3.8, 4) is 5.88 Å². The molecule has 2 aromatic heterocycles. The van der Waals surface area contributed by atoms with E-state index in [-0.39, 0.29) is 5.54 Å². The summed E-state index contributed by atoms with van der Waals surface area (Å²) in [6.07, 6.45) is 4.01. The molecular formula is C11H17N5O. The minimum absolute atomic E-state index is 0.348. The summed E-state index contributed by atoms with van der Waals surface area (Å²) in [6.45, 7) is 4.40. The number of nitrogens with two attached hydrogens (primary N) is 1. The van der Waals surface area contributed by atoms with Crippen molar-refractivity contribution in [3.05, 3.63) is 12.5 Å². The minimum Gasteiger partial charge on any atom is -0.475 e. The van der Waals surface area contributed by atoms with Crippen molar-refractivity contribution in [2.24, 2.45) is 12.8 Å². The number of hydrogen-bond donors (Lipinski definition) is 1. The number of rotatable bonds is 4. The Bertz CT molecular complexity index is 520. The second-order valence-electron chi connectivity index (χ2n) is 4.48. The van der Waals surface area contributed by atoms with E-state index in [9.17, 15) is 0 Å². The highest BCUT2D eigenvalue weighted by molar-refractivity contribution is 5.79. The quantitative estimate of drug-likeness (QED) is 0.850. The SMILES string of the molecule is CCC(C)(N)COc1ncnc2c1cnn2C. The van der Waals surface area contributed by atoms with E-state index in [2.05, 4.69) is 15.1 Å². The van der Waals surface area contributed by atoms with Crippen molar-refractivity contribution in [2.45, 2.75) is 25.8 Å². The topological polar surface area (TPSA) is 78.8 Å². The van der Waals surface area contributed by atoms with Crippen LogP contribution in [0.5, 0.6) is 5.88 Å². The van der Waals surface area contributed by atoms with Gasteiger partial charge in [0.05, 0.1) is 6.20 Å². The Morgan fingerprint density at radius 3 is 2.94 bits per heavy atom. The van der Waals surface area contributed by atoms with Gasteiger partial charge in [0, 0.05) is 12.6 Å². The predicted molar refractivity (Wildman–Crippen MR) is 64.7 cm³/mol. The molecule has 1 atom stereocenters. The Kier molecular flexibility index (Phi) is 2.97. The average molecular weight is 235 g/mol. The molecule has 0 aliphatic carbocycles. The molecule has 2 rings (SSSR count). The molecule has 2 heterocycles. The van der Waals surface area contributed by atoms with Gasteiger partial charge in [-0.15, -0.1) is 0 Å². The highest BCUT2D eigenvalue weighted by Crippen LogP contribution is 2.21. The monoisotopic (exact) mass is 235 g/mol. The van der Waals surface area contributed by atoms with Gasteiger partial charge in [-0.1, -0.05) is 6.92 Å². The molecule has 2 aromatic rings. The first-order valence-corrected chi connectivity index (χ1v) is 5.58. The summed E-state index contributed by atoms with van der Waals surface area (Å²) in [4.78, 5) is 8.26. The van der Waals surface area contributed by atoms with Crippen LogP contribution in [0.4, 0.5) is 0 Å².